The zero-order valence-corrected chi connectivity index (χ0v) is 13.4. The summed E-state index contributed by atoms with van der Waals surface area (Å²) in [7, 11) is 1.61. The van der Waals surface area contributed by atoms with Gasteiger partial charge in [0.1, 0.15) is 5.60 Å². The molecule has 0 heterocycles. The van der Waals surface area contributed by atoms with Crippen LogP contribution in [0, 0.1) is 0 Å². The van der Waals surface area contributed by atoms with E-state index in [2.05, 4.69) is 10.6 Å². The van der Waals surface area contributed by atoms with Crippen LogP contribution in [0.5, 0.6) is 0 Å². The van der Waals surface area contributed by atoms with E-state index in [4.69, 9.17) is 4.74 Å². The number of aliphatic hydroxyl groups is 1. The number of rotatable bonds is 6. The van der Waals surface area contributed by atoms with Crippen LogP contribution in [0.3, 0.4) is 0 Å². The van der Waals surface area contributed by atoms with E-state index in [1.54, 1.807) is 14.0 Å². The van der Waals surface area contributed by atoms with Crippen molar-refractivity contribution in [3.63, 3.8) is 0 Å². The molecule has 5 nitrogen and oxygen atoms in total. The molecule has 0 radical (unpaired) electrons. The largest absolute Gasteiger partial charge is 0.384 e. The standard InChI is InChI=1S/C18H22N2O3/c1-18(22,15-9-4-3-5-10-15)13-19-17(21)20-16-11-7-6-8-14(16)12-23-2/h3-11,22H,12-13H2,1-2H3,(H2,19,20,21). The molecule has 0 aliphatic carbocycles. The minimum Gasteiger partial charge on any atom is -0.384 e. The fraction of sp³-hybridized carbons (Fsp3) is 0.278. The van der Waals surface area contributed by atoms with Crippen LogP contribution in [0.1, 0.15) is 18.1 Å². The average Bonchev–Trinajstić information content (AvgIpc) is 2.56. The summed E-state index contributed by atoms with van der Waals surface area (Å²) in [6.07, 6.45) is 0. The molecular formula is C18H22N2O3. The van der Waals surface area contributed by atoms with Gasteiger partial charge in [0.15, 0.2) is 0 Å². The summed E-state index contributed by atoms with van der Waals surface area (Å²) in [4.78, 5) is 12.1. The van der Waals surface area contributed by atoms with Gasteiger partial charge >= 0.3 is 6.03 Å². The molecule has 3 N–H and O–H groups in total. The van der Waals surface area contributed by atoms with Crippen molar-refractivity contribution in [1.29, 1.82) is 0 Å². The van der Waals surface area contributed by atoms with Gasteiger partial charge < -0.3 is 20.5 Å². The fourth-order valence-electron chi connectivity index (χ4n) is 2.24. The highest BCUT2D eigenvalue weighted by Crippen LogP contribution is 2.19. The Morgan fingerprint density at radius 1 is 1.13 bits per heavy atom. The van der Waals surface area contributed by atoms with E-state index in [-0.39, 0.29) is 12.6 Å². The lowest BCUT2D eigenvalue weighted by atomic mass is 9.96. The number of hydrogen-bond acceptors (Lipinski definition) is 3. The first kappa shape index (κ1) is 17.0. The van der Waals surface area contributed by atoms with Gasteiger partial charge in [-0.2, -0.15) is 0 Å². The topological polar surface area (TPSA) is 70.6 Å². The van der Waals surface area contributed by atoms with Crippen molar-refractivity contribution < 1.29 is 14.6 Å². The van der Waals surface area contributed by atoms with Gasteiger partial charge in [-0.1, -0.05) is 48.5 Å². The van der Waals surface area contributed by atoms with Crippen LogP contribution in [0.4, 0.5) is 10.5 Å². The van der Waals surface area contributed by atoms with Crippen molar-refractivity contribution in [2.75, 3.05) is 19.0 Å². The third-order valence-electron chi connectivity index (χ3n) is 3.55. The molecule has 0 fully saturated rings. The minimum absolute atomic E-state index is 0.106. The molecule has 5 heteroatoms. The van der Waals surface area contributed by atoms with Gasteiger partial charge in [0.2, 0.25) is 0 Å². The minimum atomic E-state index is -1.13. The van der Waals surface area contributed by atoms with Gasteiger partial charge in [0.05, 0.1) is 13.2 Å². The van der Waals surface area contributed by atoms with E-state index in [1.807, 2.05) is 54.6 Å². The molecule has 122 valence electrons. The van der Waals surface area contributed by atoms with Gasteiger partial charge in [-0.05, 0) is 18.6 Å². The second-order valence-electron chi connectivity index (χ2n) is 5.54. The molecule has 0 saturated heterocycles. The Hall–Kier alpha value is -2.37. The summed E-state index contributed by atoms with van der Waals surface area (Å²) in [5.41, 5.74) is 1.19. The van der Waals surface area contributed by atoms with E-state index < -0.39 is 5.60 Å². The molecule has 0 saturated carbocycles. The lowest BCUT2D eigenvalue weighted by Gasteiger charge is -2.24. The van der Waals surface area contributed by atoms with Crippen LogP contribution in [-0.2, 0) is 16.9 Å². The molecule has 1 atom stereocenters. The zero-order valence-electron chi connectivity index (χ0n) is 13.4. The van der Waals surface area contributed by atoms with Crippen molar-refractivity contribution >= 4 is 11.7 Å². The summed E-state index contributed by atoms with van der Waals surface area (Å²) in [5, 5.41) is 16.0. The number of nitrogens with one attached hydrogen (secondary N) is 2. The van der Waals surface area contributed by atoms with Gasteiger partial charge in [-0.3, -0.25) is 0 Å². The summed E-state index contributed by atoms with van der Waals surface area (Å²) in [6.45, 7) is 2.19. The Morgan fingerprint density at radius 3 is 2.48 bits per heavy atom. The van der Waals surface area contributed by atoms with Crippen LogP contribution in [0.25, 0.3) is 0 Å². The SMILES string of the molecule is COCc1ccccc1NC(=O)NCC(C)(O)c1ccccc1. The van der Waals surface area contributed by atoms with Gasteiger partial charge in [-0.15, -0.1) is 0 Å². The number of carbonyl (C=O) groups excluding carboxylic acids is 1. The third kappa shape index (κ3) is 4.81. The molecular weight excluding hydrogens is 292 g/mol. The molecule has 1 unspecified atom stereocenters. The summed E-state index contributed by atoms with van der Waals surface area (Å²) >= 11 is 0. The number of amides is 2. The predicted molar refractivity (Wildman–Crippen MR) is 90.2 cm³/mol. The summed E-state index contributed by atoms with van der Waals surface area (Å²) < 4.78 is 5.11. The maximum Gasteiger partial charge on any atom is 0.319 e. The number of carbonyl (C=O) groups is 1. The summed E-state index contributed by atoms with van der Waals surface area (Å²) in [5.74, 6) is 0. The highest BCUT2D eigenvalue weighted by molar-refractivity contribution is 5.90. The van der Waals surface area contributed by atoms with Crippen molar-refractivity contribution in [1.82, 2.24) is 5.32 Å². The third-order valence-corrected chi connectivity index (χ3v) is 3.55. The van der Waals surface area contributed by atoms with Gasteiger partial charge in [0.25, 0.3) is 0 Å². The first-order valence-electron chi connectivity index (χ1n) is 7.42. The molecule has 0 aliphatic heterocycles. The number of anilines is 1. The molecule has 0 aliphatic rings. The van der Waals surface area contributed by atoms with E-state index in [1.165, 1.54) is 0 Å². The summed E-state index contributed by atoms with van der Waals surface area (Å²) in [6, 6.07) is 16.3. The number of methoxy groups -OCH3 is 1. The maximum atomic E-state index is 12.1. The number of urea groups is 1. The quantitative estimate of drug-likeness (QED) is 0.768. The molecule has 0 aromatic heterocycles. The lowest BCUT2D eigenvalue weighted by molar-refractivity contribution is 0.0599. The van der Waals surface area contributed by atoms with Gasteiger partial charge in [0, 0.05) is 18.4 Å². The first-order valence-corrected chi connectivity index (χ1v) is 7.42. The molecule has 0 spiro atoms. The molecule has 2 amide bonds. The molecule has 23 heavy (non-hydrogen) atoms. The van der Waals surface area contributed by atoms with Crippen LogP contribution >= 0.6 is 0 Å². The predicted octanol–water partition coefficient (Wildman–Crippen LogP) is 2.86. The zero-order chi connectivity index (χ0) is 16.7. The number of para-hydroxylation sites is 1. The average molecular weight is 314 g/mol. The second-order valence-corrected chi connectivity index (χ2v) is 5.54. The molecule has 2 aromatic carbocycles. The number of hydrogen-bond donors (Lipinski definition) is 3. The van der Waals surface area contributed by atoms with Crippen molar-refractivity contribution in [2.45, 2.75) is 19.1 Å². The smallest absolute Gasteiger partial charge is 0.319 e. The Labute approximate surface area is 136 Å². The van der Waals surface area contributed by atoms with Crippen molar-refractivity contribution in [2.24, 2.45) is 0 Å². The van der Waals surface area contributed by atoms with Crippen molar-refractivity contribution in [3.05, 3.63) is 65.7 Å². The lowest BCUT2D eigenvalue weighted by Crippen LogP contribution is -2.40. The maximum absolute atomic E-state index is 12.1. The monoisotopic (exact) mass is 314 g/mol. The van der Waals surface area contributed by atoms with E-state index in [0.717, 1.165) is 11.1 Å². The molecule has 2 rings (SSSR count). The van der Waals surface area contributed by atoms with Crippen LogP contribution < -0.4 is 10.6 Å². The first-order chi connectivity index (χ1) is 11.0. The van der Waals surface area contributed by atoms with Crippen LogP contribution in [-0.4, -0.2) is 24.8 Å². The Balaban J connectivity index is 1.95. The Morgan fingerprint density at radius 2 is 1.78 bits per heavy atom. The van der Waals surface area contributed by atoms with Crippen molar-refractivity contribution in [3.8, 4) is 0 Å². The molecule has 0 bridgehead atoms. The van der Waals surface area contributed by atoms with E-state index in [0.29, 0.717) is 12.3 Å². The second kappa shape index (κ2) is 7.76. The highest BCUT2D eigenvalue weighted by atomic mass is 16.5. The van der Waals surface area contributed by atoms with E-state index >= 15 is 0 Å². The number of ether oxygens (including phenoxy) is 1. The normalized spacial score (nSPS) is 13.2. The Kier molecular flexibility index (Phi) is 5.73. The van der Waals surface area contributed by atoms with Gasteiger partial charge in [-0.25, -0.2) is 4.79 Å². The van der Waals surface area contributed by atoms with Crippen LogP contribution in [0.15, 0.2) is 54.6 Å². The Bertz CT molecular complexity index is 642. The highest BCUT2D eigenvalue weighted by Gasteiger charge is 2.23. The van der Waals surface area contributed by atoms with E-state index in [9.17, 15) is 9.90 Å². The molecule has 2 aromatic rings. The fourth-order valence-corrected chi connectivity index (χ4v) is 2.24. The van der Waals surface area contributed by atoms with Crippen LogP contribution in [0.2, 0.25) is 0 Å². The number of benzene rings is 2.